The molecule has 3 rings (SSSR count). The van der Waals surface area contributed by atoms with Crippen molar-refractivity contribution in [3.05, 3.63) is 53.6 Å². The quantitative estimate of drug-likeness (QED) is 0.761. The number of alkyl halides is 3. The lowest BCUT2D eigenvalue weighted by Gasteiger charge is -2.32. The lowest BCUT2D eigenvalue weighted by molar-refractivity contribution is -0.137. The standard InChI is InChI=1S/C18H17F4N3O2/c19-14-9-23-17(24-10-14)27-15-2-1-7-25(11-15)16(26)8-12-3-5-13(6-4-12)18(20,21)22/h3-6,9-10,15H,1-2,7-8,11H2. The van der Waals surface area contributed by atoms with Gasteiger partial charge in [0.15, 0.2) is 5.82 Å². The smallest absolute Gasteiger partial charge is 0.416 e. The van der Waals surface area contributed by atoms with Gasteiger partial charge in [0.1, 0.15) is 6.10 Å². The normalized spacial score (nSPS) is 17.6. The first kappa shape index (κ1) is 19.1. The van der Waals surface area contributed by atoms with E-state index in [9.17, 15) is 22.4 Å². The Bertz CT molecular complexity index is 779. The molecule has 0 spiro atoms. The number of piperidine rings is 1. The van der Waals surface area contributed by atoms with Crippen LogP contribution in [0.2, 0.25) is 0 Å². The SMILES string of the molecule is O=C(Cc1ccc(C(F)(F)F)cc1)N1CCCC(Oc2ncc(F)cn2)C1. The Kier molecular flexibility index (Phi) is 5.57. The third-order valence-corrected chi connectivity index (χ3v) is 4.24. The summed E-state index contributed by atoms with van der Waals surface area (Å²) in [6, 6.07) is 4.60. The van der Waals surface area contributed by atoms with Gasteiger partial charge in [-0.3, -0.25) is 4.79 Å². The Morgan fingerprint density at radius 2 is 1.85 bits per heavy atom. The van der Waals surface area contributed by atoms with Crippen LogP contribution in [0.25, 0.3) is 0 Å². The molecule has 144 valence electrons. The van der Waals surface area contributed by atoms with Crippen molar-refractivity contribution in [2.24, 2.45) is 0 Å². The largest absolute Gasteiger partial charge is 0.458 e. The predicted molar refractivity (Wildman–Crippen MR) is 87.4 cm³/mol. The molecule has 0 N–H and O–H groups in total. The highest BCUT2D eigenvalue weighted by molar-refractivity contribution is 5.79. The molecule has 2 aromatic rings. The van der Waals surface area contributed by atoms with Crippen LogP contribution in [0.5, 0.6) is 6.01 Å². The number of carbonyl (C=O) groups is 1. The Balaban J connectivity index is 1.57. The molecular weight excluding hydrogens is 366 g/mol. The fraction of sp³-hybridized carbons (Fsp3) is 0.389. The van der Waals surface area contributed by atoms with Crippen molar-refractivity contribution in [1.82, 2.24) is 14.9 Å². The van der Waals surface area contributed by atoms with Gasteiger partial charge in [0.2, 0.25) is 5.91 Å². The number of carbonyl (C=O) groups excluding carboxylic acids is 1. The molecule has 1 atom stereocenters. The minimum atomic E-state index is -4.40. The average molecular weight is 383 g/mol. The van der Waals surface area contributed by atoms with E-state index in [1.807, 2.05) is 0 Å². The zero-order valence-electron chi connectivity index (χ0n) is 14.2. The molecule has 1 aromatic carbocycles. The number of hydrogen-bond acceptors (Lipinski definition) is 4. The summed E-state index contributed by atoms with van der Waals surface area (Å²) in [5.74, 6) is -0.762. The highest BCUT2D eigenvalue weighted by Crippen LogP contribution is 2.29. The lowest BCUT2D eigenvalue weighted by Crippen LogP contribution is -2.45. The fourth-order valence-electron chi connectivity index (χ4n) is 2.87. The Labute approximate surface area is 153 Å². The first-order valence-corrected chi connectivity index (χ1v) is 8.39. The molecule has 1 unspecified atom stereocenters. The van der Waals surface area contributed by atoms with Crippen LogP contribution < -0.4 is 4.74 Å². The van der Waals surface area contributed by atoms with Crippen molar-refractivity contribution < 1.29 is 27.1 Å². The van der Waals surface area contributed by atoms with E-state index >= 15 is 0 Å². The summed E-state index contributed by atoms with van der Waals surface area (Å²) in [5.41, 5.74) is -0.234. The Hall–Kier alpha value is -2.71. The van der Waals surface area contributed by atoms with Crippen molar-refractivity contribution >= 4 is 5.91 Å². The highest BCUT2D eigenvalue weighted by Gasteiger charge is 2.30. The topological polar surface area (TPSA) is 55.3 Å². The highest BCUT2D eigenvalue weighted by atomic mass is 19.4. The van der Waals surface area contributed by atoms with Gasteiger partial charge in [-0.1, -0.05) is 12.1 Å². The molecule has 1 saturated heterocycles. The van der Waals surface area contributed by atoms with Crippen LogP contribution in [0, 0.1) is 5.82 Å². The second kappa shape index (κ2) is 7.89. The number of aromatic nitrogens is 2. The number of halogens is 4. The van der Waals surface area contributed by atoms with Gasteiger partial charge in [-0.2, -0.15) is 13.2 Å². The van der Waals surface area contributed by atoms with Crippen LogP contribution in [-0.2, 0) is 17.4 Å². The van der Waals surface area contributed by atoms with E-state index in [1.165, 1.54) is 12.1 Å². The summed E-state index contributed by atoms with van der Waals surface area (Å²) < 4.78 is 56.2. The molecule has 0 bridgehead atoms. The minimum Gasteiger partial charge on any atom is -0.458 e. The van der Waals surface area contributed by atoms with Crippen molar-refractivity contribution in [2.75, 3.05) is 13.1 Å². The second-order valence-electron chi connectivity index (χ2n) is 6.28. The van der Waals surface area contributed by atoms with Crippen LogP contribution in [0.4, 0.5) is 17.6 Å². The second-order valence-corrected chi connectivity index (χ2v) is 6.28. The lowest BCUT2D eigenvalue weighted by atomic mass is 10.1. The van der Waals surface area contributed by atoms with Gasteiger partial charge in [0, 0.05) is 6.54 Å². The van der Waals surface area contributed by atoms with Crippen molar-refractivity contribution in [1.29, 1.82) is 0 Å². The van der Waals surface area contributed by atoms with Gasteiger partial charge in [0.25, 0.3) is 0 Å². The first-order valence-electron chi connectivity index (χ1n) is 8.39. The number of rotatable bonds is 4. The molecule has 5 nitrogen and oxygen atoms in total. The maximum Gasteiger partial charge on any atom is 0.416 e. The van der Waals surface area contributed by atoms with E-state index in [4.69, 9.17) is 4.74 Å². The van der Waals surface area contributed by atoms with E-state index in [2.05, 4.69) is 9.97 Å². The third-order valence-electron chi connectivity index (χ3n) is 4.24. The number of likely N-dealkylation sites (tertiary alicyclic amines) is 1. The predicted octanol–water partition coefficient (Wildman–Crippen LogP) is 3.25. The monoisotopic (exact) mass is 383 g/mol. The molecule has 1 aliphatic rings. The van der Waals surface area contributed by atoms with Gasteiger partial charge in [-0.05, 0) is 30.5 Å². The van der Waals surface area contributed by atoms with Gasteiger partial charge in [-0.15, -0.1) is 0 Å². The average Bonchev–Trinajstić information content (AvgIpc) is 2.63. The van der Waals surface area contributed by atoms with E-state index in [-0.39, 0.29) is 24.4 Å². The fourth-order valence-corrected chi connectivity index (χ4v) is 2.87. The molecule has 1 fully saturated rings. The summed E-state index contributed by atoms with van der Waals surface area (Å²) >= 11 is 0. The van der Waals surface area contributed by atoms with E-state index in [0.717, 1.165) is 24.5 Å². The van der Waals surface area contributed by atoms with Crippen molar-refractivity contribution in [3.63, 3.8) is 0 Å². The summed E-state index contributed by atoms with van der Waals surface area (Å²) in [7, 11) is 0. The van der Waals surface area contributed by atoms with E-state index in [0.29, 0.717) is 31.5 Å². The molecule has 0 saturated carbocycles. The summed E-state index contributed by atoms with van der Waals surface area (Å²) in [6.07, 6.45) is -1.30. The Morgan fingerprint density at radius 3 is 2.48 bits per heavy atom. The van der Waals surface area contributed by atoms with Crippen LogP contribution in [0.1, 0.15) is 24.0 Å². The van der Waals surface area contributed by atoms with E-state index < -0.39 is 17.6 Å². The van der Waals surface area contributed by atoms with Crippen molar-refractivity contribution in [2.45, 2.75) is 31.5 Å². The Morgan fingerprint density at radius 1 is 1.19 bits per heavy atom. The van der Waals surface area contributed by atoms with Crippen LogP contribution >= 0.6 is 0 Å². The zero-order valence-corrected chi connectivity index (χ0v) is 14.2. The van der Waals surface area contributed by atoms with Crippen molar-refractivity contribution in [3.8, 4) is 6.01 Å². The third kappa shape index (κ3) is 5.15. The van der Waals surface area contributed by atoms with Gasteiger partial charge < -0.3 is 9.64 Å². The molecule has 0 radical (unpaired) electrons. The summed E-state index contributed by atoms with van der Waals surface area (Å²) in [6.45, 7) is 0.865. The number of hydrogen-bond donors (Lipinski definition) is 0. The first-order chi connectivity index (χ1) is 12.8. The maximum atomic E-state index is 12.8. The van der Waals surface area contributed by atoms with Gasteiger partial charge >= 0.3 is 12.2 Å². The zero-order chi connectivity index (χ0) is 19.4. The maximum absolute atomic E-state index is 12.8. The summed E-state index contributed by atoms with van der Waals surface area (Å²) in [4.78, 5) is 21.5. The molecule has 1 amide bonds. The molecule has 1 aromatic heterocycles. The van der Waals surface area contributed by atoms with Gasteiger partial charge in [-0.25, -0.2) is 14.4 Å². The van der Waals surface area contributed by atoms with Crippen LogP contribution in [0.15, 0.2) is 36.7 Å². The minimum absolute atomic E-state index is 0.0118. The number of ether oxygens (including phenoxy) is 1. The van der Waals surface area contributed by atoms with Crippen LogP contribution in [0.3, 0.4) is 0 Å². The molecule has 1 aliphatic heterocycles. The number of benzene rings is 1. The molecule has 2 heterocycles. The molecular formula is C18H17F4N3O2. The molecule has 9 heteroatoms. The van der Waals surface area contributed by atoms with E-state index in [1.54, 1.807) is 4.90 Å². The molecule has 0 aliphatic carbocycles. The number of amides is 1. The van der Waals surface area contributed by atoms with Gasteiger partial charge in [0.05, 0.1) is 30.9 Å². The summed E-state index contributed by atoms with van der Waals surface area (Å²) in [5, 5.41) is 0. The molecule has 27 heavy (non-hydrogen) atoms. The van der Waals surface area contributed by atoms with Crippen LogP contribution in [-0.4, -0.2) is 40.0 Å². The number of nitrogens with zero attached hydrogens (tertiary/aromatic N) is 3.